The fourth-order valence-electron chi connectivity index (χ4n) is 1.56. The van der Waals surface area contributed by atoms with Crippen LogP contribution in [0.15, 0.2) is 12.1 Å². The summed E-state index contributed by atoms with van der Waals surface area (Å²) in [5.74, 6) is 0.262. The van der Waals surface area contributed by atoms with Crippen LogP contribution >= 0.6 is 0 Å². The lowest BCUT2D eigenvalue weighted by Crippen LogP contribution is -2.01. The first-order chi connectivity index (χ1) is 6.70. The summed E-state index contributed by atoms with van der Waals surface area (Å²) >= 11 is 0. The quantitative estimate of drug-likeness (QED) is 0.467. The molecule has 14 heavy (non-hydrogen) atoms. The molecule has 4 heteroatoms. The summed E-state index contributed by atoms with van der Waals surface area (Å²) in [4.78, 5) is 0. The molecule has 0 aliphatic rings. The molecule has 0 unspecified atom stereocenters. The van der Waals surface area contributed by atoms with Crippen LogP contribution in [0.25, 0.3) is 0 Å². The summed E-state index contributed by atoms with van der Waals surface area (Å²) < 4.78 is 0. The topological polar surface area (TPSA) is 66.5 Å². The number of anilines is 1. The van der Waals surface area contributed by atoms with Gasteiger partial charge in [-0.3, -0.25) is 0 Å². The second-order valence-corrected chi connectivity index (χ2v) is 3.32. The fourth-order valence-corrected chi connectivity index (χ4v) is 1.56. The zero-order valence-corrected chi connectivity index (χ0v) is 8.45. The number of benzene rings is 1. The monoisotopic (exact) mass is 193 g/mol. The van der Waals surface area contributed by atoms with Crippen molar-refractivity contribution in [1.29, 1.82) is 0 Å². The highest BCUT2D eigenvalue weighted by molar-refractivity contribution is 6.09. The molecule has 0 aliphatic carbocycles. The lowest BCUT2D eigenvalue weighted by Gasteiger charge is -2.11. The second kappa shape index (κ2) is 4.91. The van der Waals surface area contributed by atoms with Crippen LogP contribution < -0.4 is 5.73 Å². The molecule has 0 bridgehead atoms. The van der Waals surface area contributed by atoms with Crippen molar-refractivity contribution < 1.29 is 10.2 Å². The molecule has 0 radical (unpaired) electrons. The van der Waals surface area contributed by atoms with Gasteiger partial charge in [-0.05, 0) is 24.5 Å². The first-order valence-corrected chi connectivity index (χ1v) is 4.90. The van der Waals surface area contributed by atoms with Crippen molar-refractivity contribution in [1.82, 2.24) is 0 Å². The summed E-state index contributed by atoms with van der Waals surface area (Å²) in [6.45, 7) is 0.168. The van der Waals surface area contributed by atoms with Crippen LogP contribution in [0.5, 0.6) is 5.75 Å². The maximum Gasteiger partial charge on any atom is 0.120 e. The lowest BCUT2D eigenvalue weighted by molar-refractivity contribution is 0.288. The molecule has 0 amide bonds. The largest absolute Gasteiger partial charge is 0.508 e. The predicted octanol–water partition coefficient (Wildman–Crippen LogP) is 0.0324. The molecular weight excluding hydrogens is 177 g/mol. The van der Waals surface area contributed by atoms with Crippen molar-refractivity contribution in [2.45, 2.75) is 19.2 Å². The number of phenols is 1. The van der Waals surface area contributed by atoms with Crippen molar-refractivity contribution in [2.24, 2.45) is 0 Å². The van der Waals surface area contributed by atoms with Crippen molar-refractivity contribution >= 4 is 13.5 Å². The number of nitrogen functional groups attached to an aromatic ring is 1. The van der Waals surface area contributed by atoms with E-state index in [0.29, 0.717) is 12.1 Å². The Kier molecular flexibility index (Phi) is 3.83. The molecule has 0 saturated heterocycles. The minimum atomic E-state index is 0.168. The Balaban J connectivity index is 2.96. The average molecular weight is 193 g/mol. The number of hydrogen-bond donors (Lipinski definition) is 3. The number of aromatic hydroxyl groups is 1. The van der Waals surface area contributed by atoms with Gasteiger partial charge in [-0.25, -0.2) is 0 Å². The van der Waals surface area contributed by atoms with Crippen LogP contribution in [-0.2, 0) is 12.7 Å². The summed E-state index contributed by atoms with van der Waals surface area (Å²) in [5.41, 5.74) is 8.38. The van der Waals surface area contributed by atoms with Gasteiger partial charge < -0.3 is 15.9 Å². The van der Waals surface area contributed by atoms with E-state index in [1.165, 1.54) is 0 Å². The Labute approximate surface area is 85.0 Å². The second-order valence-electron chi connectivity index (χ2n) is 3.32. The zero-order valence-electron chi connectivity index (χ0n) is 8.45. The SMILES string of the molecule is BCc1c(O)ccc(CCCO)c1N. The van der Waals surface area contributed by atoms with Gasteiger partial charge in [0.25, 0.3) is 0 Å². The van der Waals surface area contributed by atoms with Crippen molar-refractivity contribution in [3.05, 3.63) is 23.3 Å². The van der Waals surface area contributed by atoms with Crippen LogP contribution in [0.1, 0.15) is 17.5 Å². The van der Waals surface area contributed by atoms with Gasteiger partial charge in [0.1, 0.15) is 13.6 Å². The number of phenolic OH excluding ortho intramolecular Hbond substituents is 1. The minimum absolute atomic E-state index is 0.168. The van der Waals surface area contributed by atoms with E-state index < -0.39 is 0 Å². The molecule has 4 N–H and O–H groups in total. The van der Waals surface area contributed by atoms with Gasteiger partial charge in [-0.15, -0.1) is 0 Å². The van der Waals surface area contributed by atoms with Crippen LogP contribution in [0, 0.1) is 0 Å². The molecule has 1 aromatic carbocycles. The molecule has 76 valence electrons. The summed E-state index contributed by atoms with van der Waals surface area (Å²) in [6.07, 6.45) is 2.19. The third kappa shape index (κ3) is 2.20. The van der Waals surface area contributed by atoms with E-state index in [9.17, 15) is 5.11 Å². The third-order valence-corrected chi connectivity index (χ3v) is 2.38. The summed E-state index contributed by atoms with van der Waals surface area (Å²) in [6, 6.07) is 3.49. The van der Waals surface area contributed by atoms with Crippen LogP contribution in [0.4, 0.5) is 5.69 Å². The van der Waals surface area contributed by atoms with E-state index in [0.717, 1.165) is 23.9 Å². The maximum atomic E-state index is 9.51. The molecule has 1 aromatic rings. The van der Waals surface area contributed by atoms with Crippen LogP contribution in [0.3, 0.4) is 0 Å². The van der Waals surface area contributed by atoms with Crippen molar-refractivity contribution in [2.75, 3.05) is 12.3 Å². The van der Waals surface area contributed by atoms with E-state index in [4.69, 9.17) is 10.8 Å². The molecule has 0 aliphatic heterocycles. The van der Waals surface area contributed by atoms with Crippen LogP contribution in [-0.4, -0.2) is 24.7 Å². The maximum absolute atomic E-state index is 9.51. The minimum Gasteiger partial charge on any atom is -0.508 e. The normalized spacial score (nSPS) is 10.4. The van der Waals surface area contributed by atoms with Gasteiger partial charge in [-0.2, -0.15) is 0 Å². The van der Waals surface area contributed by atoms with Crippen molar-refractivity contribution in [3.8, 4) is 5.75 Å². The number of hydrogen-bond acceptors (Lipinski definition) is 3. The highest BCUT2D eigenvalue weighted by atomic mass is 16.3. The van der Waals surface area contributed by atoms with E-state index in [-0.39, 0.29) is 12.4 Å². The Morgan fingerprint density at radius 1 is 1.36 bits per heavy atom. The van der Waals surface area contributed by atoms with E-state index >= 15 is 0 Å². The third-order valence-electron chi connectivity index (χ3n) is 2.38. The standard InChI is InChI=1S/C10H16BNO2/c11-6-8-9(14)4-3-7(10(8)12)2-1-5-13/h3-4,13-14H,1-2,5-6,11-12H2. The smallest absolute Gasteiger partial charge is 0.120 e. The Morgan fingerprint density at radius 3 is 2.64 bits per heavy atom. The average Bonchev–Trinajstić information content (AvgIpc) is 2.18. The number of aliphatic hydroxyl groups excluding tert-OH is 1. The molecule has 0 saturated carbocycles. The number of rotatable bonds is 4. The van der Waals surface area contributed by atoms with Gasteiger partial charge in [0.05, 0.1) is 0 Å². The number of aryl methyl sites for hydroxylation is 1. The summed E-state index contributed by atoms with van der Waals surface area (Å²) in [5, 5.41) is 18.2. The van der Waals surface area contributed by atoms with E-state index in [1.54, 1.807) is 6.07 Å². The highest BCUT2D eigenvalue weighted by Gasteiger charge is 2.07. The summed E-state index contributed by atoms with van der Waals surface area (Å²) in [7, 11) is 1.96. The van der Waals surface area contributed by atoms with Gasteiger partial charge in [0.2, 0.25) is 0 Å². The fraction of sp³-hybridized carbons (Fsp3) is 0.400. The molecule has 0 atom stereocenters. The molecule has 0 spiro atoms. The Hall–Kier alpha value is -1.16. The first kappa shape index (κ1) is 10.9. The van der Waals surface area contributed by atoms with Gasteiger partial charge in [0, 0.05) is 17.9 Å². The van der Waals surface area contributed by atoms with Gasteiger partial charge >= 0.3 is 0 Å². The molecular formula is C10H16BNO2. The first-order valence-electron chi connectivity index (χ1n) is 4.90. The van der Waals surface area contributed by atoms with E-state index in [2.05, 4.69) is 0 Å². The number of aliphatic hydroxyl groups is 1. The lowest BCUT2D eigenvalue weighted by atomic mass is 9.92. The highest BCUT2D eigenvalue weighted by Crippen LogP contribution is 2.27. The van der Waals surface area contributed by atoms with Crippen LogP contribution in [0.2, 0.25) is 0 Å². The Morgan fingerprint density at radius 2 is 2.07 bits per heavy atom. The molecule has 1 rings (SSSR count). The van der Waals surface area contributed by atoms with Gasteiger partial charge in [-0.1, -0.05) is 12.4 Å². The van der Waals surface area contributed by atoms with Crippen molar-refractivity contribution in [3.63, 3.8) is 0 Å². The molecule has 3 nitrogen and oxygen atoms in total. The molecule has 0 fully saturated rings. The zero-order chi connectivity index (χ0) is 10.6. The van der Waals surface area contributed by atoms with Gasteiger partial charge in [0.15, 0.2) is 0 Å². The number of nitrogens with two attached hydrogens (primary N) is 1. The molecule has 0 heterocycles. The van der Waals surface area contributed by atoms with E-state index in [1.807, 2.05) is 13.9 Å². The molecule has 0 aromatic heterocycles. The Bertz CT molecular complexity index is 315. The predicted molar refractivity (Wildman–Crippen MR) is 60.2 cm³/mol.